The Hall–Kier alpha value is -0.0800. The van der Waals surface area contributed by atoms with Crippen LogP contribution in [0.2, 0.25) is 0 Å². The molecule has 1 aliphatic heterocycles. The first-order valence-electron chi connectivity index (χ1n) is 3.98. The minimum absolute atomic E-state index is 0.521. The highest BCUT2D eigenvalue weighted by atomic mass is 16.6. The molecule has 0 radical (unpaired) electrons. The minimum Gasteiger partial charge on any atom is -0.381 e. The second-order valence-corrected chi connectivity index (χ2v) is 3.21. The van der Waals surface area contributed by atoms with E-state index in [9.17, 15) is 0 Å². The van der Waals surface area contributed by atoms with Crippen molar-refractivity contribution in [1.29, 1.82) is 0 Å². The first-order chi connectivity index (χ1) is 4.79. The van der Waals surface area contributed by atoms with Crippen LogP contribution in [0.5, 0.6) is 0 Å². The average molecular weight is 144 g/mol. The van der Waals surface area contributed by atoms with Gasteiger partial charge in [-0.15, -0.1) is 0 Å². The summed E-state index contributed by atoms with van der Waals surface area (Å²) in [5, 5.41) is 0. The summed E-state index contributed by atoms with van der Waals surface area (Å²) in [6.45, 7) is 7.02. The lowest BCUT2D eigenvalue weighted by Gasteiger charge is -2.04. The molecule has 0 aliphatic carbocycles. The highest BCUT2D eigenvalue weighted by molar-refractivity contribution is 4.67. The summed E-state index contributed by atoms with van der Waals surface area (Å²) in [5.74, 6) is 0.653. The number of hydrogen-bond donors (Lipinski definition) is 0. The van der Waals surface area contributed by atoms with Gasteiger partial charge in [0.2, 0.25) is 0 Å². The lowest BCUT2D eigenvalue weighted by Crippen LogP contribution is -2.04. The molecule has 1 atom stereocenters. The van der Waals surface area contributed by atoms with Gasteiger partial charge in [-0.2, -0.15) is 0 Å². The summed E-state index contributed by atoms with van der Waals surface area (Å²) < 4.78 is 10.4. The van der Waals surface area contributed by atoms with Crippen LogP contribution in [-0.4, -0.2) is 25.9 Å². The Morgan fingerprint density at radius 2 is 2.30 bits per heavy atom. The molecule has 1 heterocycles. The minimum atomic E-state index is 0.521. The molecule has 1 fully saturated rings. The van der Waals surface area contributed by atoms with E-state index in [0.717, 1.165) is 26.2 Å². The fraction of sp³-hybridized carbons (Fsp3) is 1.00. The van der Waals surface area contributed by atoms with Crippen molar-refractivity contribution in [2.75, 3.05) is 19.8 Å². The highest BCUT2D eigenvalue weighted by Gasteiger charge is 2.21. The third kappa shape index (κ3) is 3.85. The van der Waals surface area contributed by atoms with Gasteiger partial charge in [0, 0.05) is 13.2 Å². The maximum atomic E-state index is 5.37. The Labute approximate surface area is 62.5 Å². The molecule has 1 saturated heterocycles. The third-order valence-corrected chi connectivity index (χ3v) is 1.44. The predicted octanol–water partition coefficient (Wildman–Crippen LogP) is 1.45. The van der Waals surface area contributed by atoms with Gasteiger partial charge < -0.3 is 9.47 Å². The van der Waals surface area contributed by atoms with Crippen LogP contribution < -0.4 is 0 Å². The van der Waals surface area contributed by atoms with E-state index in [0.29, 0.717) is 12.0 Å². The Kier molecular flexibility index (Phi) is 3.16. The lowest BCUT2D eigenvalue weighted by molar-refractivity contribution is 0.103. The van der Waals surface area contributed by atoms with Crippen LogP contribution in [0.3, 0.4) is 0 Å². The van der Waals surface area contributed by atoms with E-state index in [2.05, 4.69) is 13.8 Å². The molecule has 0 saturated carbocycles. The van der Waals surface area contributed by atoms with E-state index in [4.69, 9.17) is 9.47 Å². The van der Waals surface area contributed by atoms with Gasteiger partial charge in [0.1, 0.15) is 0 Å². The molecule has 0 amide bonds. The smallest absolute Gasteiger partial charge is 0.0831 e. The standard InChI is InChI=1S/C8H16O2/c1-7(2)5-9-4-3-8-6-10-8/h7-8H,3-6H2,1-2H3. The largest absolute Gasteiger partial charge is 0.381 e. The second-order valence-electron chi connectivity index (χ2n) is 3.21. The van der Waals surface area contributed by atoms with Crippen LogP contribution in [0, 0.1) is 5.92 Å². The zero-order chi connectivity index (χ0) is 7.40. The molecule has 60 valence electrons. The second kappa shape index (κ2) is 3.94. The van der Waals surface area contributed by atoms with Crippen LogP contribution >= 0.6 is 0 Å². The van der Waals surface area contributed by atoms with Crippen LogP contribution in [0.15, 0.2) is 0 Å². The quantitative estimate of drug-likeness (QED) is 0.430. The van der Waals surface area contributed by atoms with E-state index >= 15 is 0 Å². The molecule has 1 rings (SSSR count). The first-order valence-corrected chi connectivity index (χ1v) is 3.98. The summed E-state index contributed by atoms with van der Waals surface area (Å²) in [7, 11) is 0. The molecule has 0 aromatic heterocycles. The van der Waals surface area contributed by atoms with Gasteiger partial charge >= 0.3 is 0 Å². The third-order valence-electron chi connectivity index (χ3n) is 1.44. The number of epoxide rings is 1. The molecule has 2 heteroatoms. The molecule has 0 N–H and O–H groups in total. The van der Waals surface area contributed by atoms with Crippen LogP contribution in [0.1, 0.15) is 20.3 Å². The molecule has 0 aromatic carbocycles. The number of hydrogen-bond acceptors (Lipinski definition) is 2. The van der Waals surface area contributed by atoms with Crippen molar-refractivity contribution in [2.45, 2.75) is 26.4 Å². The van der Waals surface area contributed by atoms with E-state index in [1.165, 1.54) is 0 Å². The molecular weight excluding hydrogens is 128 g/mol. The molecule has 0 bridgehead atoms. The van der Waals surface area contributed by atoms with E-state index < -0.39 is 0 Å². The van der Waals surface area contributed by atoms with E-state index in [1.54, 1.807) is 0 Å². The summed E-state index contributed by atoms with van der Waals surface area (Å²) in [4.78, 5) is 0. The van der Waals surface area contributed by atoms with Crippen molar-refractivity contribution < 1.29 is 9.47 Å². The van der Waals surface area contributed by atoms with Gasteiger partial charge in [-0.3, -0.25) is 0 Å². The van der Waals surface area contributed by atoms with Crippen molar-refractivity contribution in [3.05, 3.63) is 0 Å². The summed E-state index contributed by atoms with van der Waals surface area (Å²) in [6.07, 6.45) is 1.60. The SMILES string of the molecule is CC(C)COCCC1CO1. The maximum Gasteiger partial charge on any atom is 0.0831 e. The van der Waals surface area contributed by atoms with Crippen LogP contribution in [-0.2, 0) is 9.47 Å². The molecule has 2 nitrogen and oxygen atoms in total. The number of rotatable bonds is 5. The average Bonchev–Trinajstić information content (AvgIpc) is 2.62. The van der Waals surface area contributed by atoms with Crippen molar-refractivity contribution in [3.8, 4) is 0 Å². The first kappa shape index (κ1) is 8.02. The molecule has 1 unspecified atom stereocenters. The van der Waals surface area contributed by atoms with Gasteiger partial charge in [-0.05, 0) is 12.3 Å². The Balaban J connectivity index is 1.76. The van der Waals surface area contributed by atoms with Crippen molar-refractivity contribution in [1.82, 2.24) is 0 Å². The Morgan fingerprint density at radius 3 is 2.80 bits per heavy atom. The lowest BCUT2D eigenvalue weighted by atomic mass is 10.2. The zero-order valence-corrected chi connectivity index (χ0v) is 6.80. The van der Waals surface area contributed by atoms with Crippen molar-refractivity contribution in [3.63, 3.8) is 0 Å². The van der Waals surface area contributed by atoms with Gasteiger partial charge in [0.25, 0.3) is 0 Å². The fourth-order valence-electron chi connectivity index (χ4n) is 0.769. The Bertz CT molecular complexity index is 83.3. The molecule has 0 spiro atoms. The van der Waals surface area contributed by atoms with E-state index in [-0.39, 0.29) is 0 Å². The van der Waals surface area contributed by atoms with Gasteiger partial charge in [-0.25, -0.2) is 0 Å². The topological polar surface area (TPSA) is 21.8 Å². The van der Waals surface area contributed by atoms with Gasteiger partial charge in [0.05, 0.1) is 12.7 Å². The highest BCUT2D eigenvalue weighted by Crippen LogP contribution is 2.12. The monoisotopic (exact) mass is 144 g/mol. The molecular formula is C8H16O2. The van der Waals surface area contributed by atoms with Crippen LogP contribution in [0.25, 0.3) is 0 Å². The predicted molar refractivity (Wildman–Crippen MR) is 40.0 cm³/mol. The van der Waals surface area contributed by atoms with Gasteiger partial charge in [0.15, 0.2) is 0 Å². The normalized spacial score (nSPS) is 23.7. The molecule has 1 aliphatic rings. The number of ether oxygens (including phenoxy) is 2. The zero-order valence-electron chi connectivity index (χ0n) is 6.80. The van der Waals surface area contributed by atoms with Crippen molar-refractivity contribution in [2.24, 2.45) is 5.92 Å². The van der Waals surface area contributed by atoms with Gasteiger partial charge in [-0.1, -0.05) is 13.8 Å². The Morgan fingerprint density at radius 1 is 1.60 bits per heavy atom. The maximum absolute atomic E-state index is 5.37. The van der Waals surface area contributed by atoms with E-state index in [1.807, 2.05) is 0 Å². The fourth-order valence-corrected chi connectivity index (χ4v) is 0.769. The van der Waals surface area contributed by atoms with Crippen molar-refractivity contribution >= 4 is 0 Å². The summed E-state index contributed by atoms with van der Waals surface area (Å²) in [5.41, 5.74) is 0. The molecule has 0 aromatic rings. The summed E-state index contributed by atoms with van der Waals surface area (Å²) in [6, 6.07) is 0. The van der Waals surface area contributed by atoms with Crippen LogP contribution in [0.4, 0.5) is 0 Å². The summed E-state index contributed by atoms with van der Waals surface area (Å²) >= 11 is 0. The molecule has 10 heavy (non-hydrogen) atoms.